The molecule has 0 fully saturated rings. The Morgan fingerprint density at radius 2 is 1.91 bits per heavy atom. The number of benzene rings is 2. The van der Waals surface area contributed by atoms with Crippen molar-refractivity contribution < 1.29 is 9.15 Å². The first-order chi connectivity index (χ1) is 11.2. The van der Waals surface area contributed by atoms with Crippen LogP contribution in [0.2, 0.25) is 0 Å². The van der Waals surface area contributed by atoms with E-state index in [1.54, 1.807) is 6.92 Å². The van der Waals surface area contributed by atoms with Crippen molar-refractivity contribution >= 4 is 16.7 Å². The molecule has 23 heavy (non-hydrogen) atoms. The van der Waals surface area contributed by atoms with Crippen LogP contribution in [0.25, 0.3) is 11.0 Å². The third-order valence-electron chi connectivity index (χ3n) is 3.57. The molecule has 0 saturated carbocycles. The second kappa shape index (κ2) is 7.01. The van der Waals surface area contributed by atoms with Gasteiger partial charge in [-0.3, -0.25) is 0 Å². The highest BCUT2D eigenvalue weighted by Gasteiger charge is 2.02. The van der Waals surface area contributed by atoms with Gasteiger partial charge in [0.15, 0.2) is 0 Å². The number of rotatable bonds is 6. The van der Waals surface area contributed by atoms with E-state index in [0.29, 0.717) is 17.8 Å². The molecule has 4 heteroatoms. The predicted octanol–water partition coefficient (Wildman–Crippen LogP) is 3.98. The van der Waals surface area contributed by atoms with E-state index in [9.17, 15) is 4.79 Å². The summed E-state index contributed by atoms with van der Waals surface area (Å²) in [6.45, 7) is 3.24. The third kappa shape index (κ3) is 3.92. The van der Waals surface area contributed by atoms with Gasteiger partial charge in [-0.15, -0.1) is 0 Å². The lowest BCUT2D eigenvalue weighted by Gasteiger charge is -2.09. The van der Waals surface area contributed by atoms with Gasteiger partial charge in [0.25, 0.3) is 0 Å². The topological polar surface area (TPSA) is 51.5 Å². The molecule has 0 saturated heterocycles. The average molecular weight is 309 g/mol. The Morgan fingerprint density at radius 3 is 2.74 bits per heavy atom. The highest BCUT2D eigenvalue weighted by atomic mass is 16.5. The van der Waals surface area contributed by atoms with Crippen LogP contribution in [0.4, 0.5) is 5.69 Å². The minimum Gasteiger partial charge on any atom is -0.494 e. The summed E-state index contributed by atoms with van der Waals surface area (Å²) >= 11 is 0. The summed E-state index contributed by atoms with van der Waals surface area (Å²) in [4.78, 5) is 11.5. The minimum absolute atomic E-state index is 0.281. The molecule has 0 amide bonds. The number of anilines is 1. The van der Waals surface area contributed by atoms with Crippen molar-refractivity contribution in [3.8, 4) is 5.75 Å². The van der Waals surface area contributed by atoms with Crippen LogP contribution in [0.3, 0.4) is 0 Å². The van der Waals surface area contributed by atoms with Crippen LogP contribution in [-0.4, -0.2) is 13.2 Å². The van der Waals surface area contributed by atoms with E-state index in [1.165, 1.54) is 0 Å². The molecule has 0 atom stereocenters. The smallest absolute Gasteiger partial charge is 0.339 e. The van der Waals surface area contributed by atoms with Crippen molar-refractivity contribution in [1.29, 1.82) is 0 Å². The maximum absolute atomic E-state index is 11.5. The van der Waals surface area contributed by atoms with Gasteiger partial charge in [0, 0.05) is 23.2 Å². The van der Waals surface area contributed by atoms with Crippen molar-refractivity contribution in [1.82, 2.24) is 0 Å². The quantitative estimate of drug-likeness (QED) is 0.553. The Kier molecular flexibility index (Phi) is 4.62. The van der Waals surface area contributed by atoms with E-state index < -0.39 is 0 Å². The molecule has 4 nitrogen and oxygen atoms in total. The van der Waals surface area contributed by atoms with E-state index in [-0.39, 0.29) is 5.63 Å². The van der Waals surface area contributed by atoms with Gasteiger partial charge in [-0.1, -0.05) is 18.2 Å². The lowest BCUT2D eigenvalue weighted by Crippen LogP contribution is -2.07. The van der Waals surface area contributed by atoms with Crippen LogP contribution < -0.4 is 15.7 Å². The normalized spacial score (nSPS) is 10.7. The second-order valence-electron chi connectivity index (χ2n) is 5.41. The molecular weight excluding hydrogens is 290 g/mol. The largest absolute Gasteiger partial charge is 0.494 e. The molecule has 0 bridgehead atoms. The Hall–Kier alpha value is -2.75. The molecule has 3 rings (SSSR count). The second-order valence-corrected chi connectivity index (χ2v) is 5.41. The summed E-state index contributed by atoms with van der Waals surface area (Å²) < 4.78 is 10.9. The first-order valence-corrected chi connectivity index (χ1v) is 7.68. The fourth-order valence-corrected chi connectivity index (χ4v) is 2.35. The van der Waals surface area contributed by atoms with E-state index in [2.05, 4.69) is 5.32 Å². The molecule has 0 aliphatic rings. The van der Waals surface area contributed by atoms with Gasteiger partial charge in [-0.05, 0) is 49.7 Å². The van der Waals surface area contributed by atoms with Crippen molar-refractivity contribution in [3.05, 3.63) is 70.6 Å². The highest BCUT2D eigenvalue weighted by molar-refractivity contribution is 5.81. The molecule has 1 aromatic heterocycles. The number of ether oxygens (including phenoxy) is 1. The molecular formula is C19H19NO3. The van der Waals surface area contributed by atoms with Gasteiger partial charge in [0.2, 0.25) is 0 Å². The molecule has 3 aromatic rings. The van der Waals surface area contributed by atoms with Gasteiger partial charge in [-0.2, -0.15) is 0 Å². The number of para-hydroxylation sites is 1. The van der Waals surface area contributed by atoms with Crippen LogP contribution in [0.15, 0.2) is 63.8 Å². The van der Waals surface area contributed by atoms with Gasteiger partial charge >= 0.3 is 5.63 Å². The zero-order valence-electron chi connectivity index (χ0n) is 13.0. The summed E-state index contributed by atoms with van der Waals surface area (Å²) in [5.74, 6) is 0.892. The number of nitrogens with one attached hydrogen (secondary N) is 1. The summed E-state index contributed by atoms with van der Waals surface area (Å²) in [7, 11) is 0. The zero-order chi connectivity index (χ0) is 16.1. The fraction of sp³-hybridized carbons (Fsp3) is 0.211. The van der Waals surface area contributed by atoms with E-state index in [1.807, 2.05) is 54.6 Å². The van der Waals surface area contributed by atoms with E-state index >= 15 is 0 Å². The maximum Gasteiger partial charge on any atom is 0.339 e. The van der Waals surface area contributed by atoms with E-state index in [4.69, 9.17) is 9.15 Å². The van der Waals surface area contributed by atoms with Crippen LogP contribution in [0.1, 0.15) is 12.0 Å². The fourth-order valence-electron chi connectivity index (χ4n) is 2.35. The van der Waals surface area contributed by atoms with Crippen molar-refractivity contribution in [2.45, 2.75) is 13.3 Å². The molecule has 0 radical (unpaired) electrons. The molecule has 1 N–H and O–H groups in total. The van der Waals surface area contributed by atoms with Crippen LogP contribution >= 0.6 is 0 Å². The zero-order valence-corrected chi connectivity index (χ0v) is 13.0. The number of hydrogen-bond acceptors (Lipinski definition) is 4. The Morgan fingerprint density at radius 1 is 1.09 bits per heavy atom. The minimum atomic E-state index is -0.281. The summed E-state index contributed by atoms with van der Waals surface area (Å²) in [6.07, 6.45) is 0.899. The van der Waals surface area contributed by atoms with Crippen LogP contribution in [0.5, 0.6) is 5.75 Å². The number of fused-ring (bicyclic) bond motifs is 1. The van der Waals surface area contributed by atoms with Crippen LogP contribution in [0, 0.1) is 6.92 Å². The predicted molar refractivity (Wildman–Crippen MR) is 92.3 cm³/mol. The summed E-state index contributed by atoms with van der Waals surface area (Å²) in [6, 6.07) is 17.4. The van der Waals surface area contributed by atoms with Crippen molar-refractivity contribution in [2.24, 2.45) is 0 Å². The molecule has 1 heterocycles. The average Bonchev–Trinajstić information content (AvgIpc) is 2.57. The summed E-state index contributed by atoms with van der Waals surface area (Å²) in [5, 5.41) is 4.28. The first-order valence-electron chi connectivity index (χ1n) is 7.68. The monoisotopic (exact) mass is 309 g/mol. The molecule has 0 aliphatic carbocycles. The van der Waals surface area contributed by atoms with Gasteiger partial charge in [-0.25, -0.2) is 4.79 Å². The molecule has 0 aliphatic heterocycles. The van der Waals surface area contributed by atoms with Gasteiger partial charge < -0.3 is 14.5 Å². The van der Waals surface area contributed by atoms with E-state index in [0.717, 1.165) is 29.8 Å². The van der Waals surface area contributed by atoms with Gasteiger partial charge in [0.05, 0.1) is 6.61 Å². The maximum atomic E-state index is 11.5. The highest BCUT2D eigenvalue weighted by Crippen LogP contribution is 2.18. The third-order valence-corrected chi connectivity index (χ3v) is 3.57. The van der Waals surface area contributed by atoms with Gasteiger partial charge in [0.1, 0.15) is 11.3 Å². The first kappa shape index (κ1) is 15.2. The molecule has 0 unspecified atom stereocenters. The SMILES string of the molecule is Cc1cc2cc(NCCCOc3ccccc3)ccc2oc1=O. The Labute approximate surface area is 134 Å². The lowest BCUT2D eigenvalue weighted by atomic mass is 10.2. The van der Waals surface area contributed by atoms with Crippen molar-refractivity contribution in [3.63, 3.8) is 0 Å². The number of aryl methyl sites for hydroxylation is 1. The molecule has 2 aromatic carbocycles. The lowest BCUT2D eigenvalue weighted by molar-refractivity contribution is 0.315. The summed E-state index contributed by atoms with van der Waals surface area (Å²) in [5.41, 5.74) is 1.95. The molecule has 118 valence electrons. The number of hydrogen-bond donors (Lipinski definition) is 1. The Bertz CT molecular complexity index is 840. The van der Waals surface area contributed by atoms with Crippen molar-refractivity contribution in [2.75, 3.05) is 18.5 Å². The Balaban J connectivity index is 1.53. The van der Waals surface area contributed by atoms with Crippen LogP contribution in [-0.2, 0) is 0 Å². The molecule has 0 spiro atoms. The standard InChI is InChI=1S/C19H19NO3/c1-14-12-15-13-16(8-9-18(15)23-19(14)21)20-10-5-11-22-17-6-3-2-4-7-17/h2-4,6-9,12-13,20H,5,10-11H2,1H3.